The number of nitrogens with zero attached hydrogens (tertiary/aromatic N) is 5. The highest BCUT2D eigenvalue weighted by Gasteiger charge is 2.14. The summed E-state index contributed by atoms with van der Waals surface area (Å²) in [6, 6.07) is 3.55. The van der Waals surface area contributed by atoms with E-state index in [1.165, 1.54) is 11.3 Å². The number of thiazole rings is 1. The van der Waals surface area contributed by atoms with Crippen LogP contribution in [0.2, 0.25) is 0 Å². The predicted octanol–water partition coefficient (Wildman–Crippen LogP) is 0.288. The van der Waals surface area contributed by atoms with Gasteiger partial charge in [-0.2, -0.15) is 10.3 Å². The Labute approximate surface area is 147 Å². The lowest BCUT2D eigenvalue weighted by Crippen LogP contribution is -2.37. The number of nitrogens with two attached hydrogens (primary N) is 3. The van der Waals surface area contributed by atoms with Gasteiger partial charge < -0.3 is 31.6 Å². The van der Waals surface area contributed by atoms with Crippen molar-refractivity contribution in [2.24, 2.45) is 27.2 Å². The van der Waals surface area contributed by atoms with Gasteiger partial charge in [0.1, 0.15) is 11.5 Å². The van der Waals surface area contributed by atoms with E-state index in [1.807, 2.05) is 0 Å². The third-order valence-electron chi connectivity index (χ3n) is 3.05. The van der Waals surface area contributed by atoms with E-state index in [0.717, 1.165) is 0 Å². The molecule has 0 unspecified atom stereocenters. The van der Waals surface area contributed by atoms with E-state index in [-0.39, 0.29) is 18.5 Å². The fourth-order valence-corrected chi connectivity index (χ4v) is 2.68. The number of hydrogen-bond donors (Lipinski definition) is 4. The first-order valence-corrected chi connectivity index (χ1v) is 8.13. The molecular weight excluding hydrogens is 344 g/mol. The molecule has 2 aromatic rings. The number of guanidine groups is 2. The van der Waals surface area contributed by atoms with Gasteiger partial charge in [-0.1, -0.05) is 0 Å². The second-order valence-corrected chi connectivity index (χ2v) is 5.72. The molecule has 11 heteroatoms. The van der Waals surface area contributed by atoms with Crippen LogP contribution in [-0.2, 0) is 6.54 Å². The van der Waals surface area contributed by atoms with Crippen LogP contribution in [0.1, 0.15) is 12.2 Å². The van der Waals surface area contributed by atoms with Gasteiger partial charge in [-0.25, -0.2) is 4.98 Å². The van der Waals surface area contributed by atoms with E-state index < -0.39 is 0 Å². The van der Waals surface area contributed by atoms with Crippen molar-refractivity contribution in [1.29, 1.82) is 5.26 Å². The fraction of sp³-hybridized carbons (Fsp3) is 0.286. The van der Waals surface area contributed by atoms with E-state index in [9.17, 15) is 0 Å². The van der Waals surface area contributed by atoms with Crippen molar-refractivity contribution < 1.29 is 9.52 Å². The molecule has 2 aromatic heterocycles. The summed E-state index contributed by atoms with van der Waals surface area (Å²) in [4.78, 5) is 13.3. The van der Waals surface area contributed by atoms with E-state index in [1.54, 1.807) is 28.6 Å². The lowest BCUT2D eigenvalue weighted by Gasteiger charge is -2.21. The van der Waals surface area contributed by atoms with Gasteiger partial charge in [0.05, 0.1) is 6.54 Å². The molecule has 0 aromatic carbocycles. The number of rotatable bonds is 7. The van der Waals surface area contributed by atoms with Crippen LogP contribution in [0.3, 0.4) is 0 Å². The van der Waals surface area contributed by atoms with E-state index >= 15 is 0 Å². The SMILES string of the molecule is N#CN=C(N)N(CCCO)Cc1ccc(-c2csc(N=C(N)N)n2)o1. The minimum atomic E-state index is -0.0622. The summed E-state index contributed by atoms with van der Waals surface area (Å²) in [6.07, 6.45) is 2.14. The Morgan fingerprint density at radius 2 is 2.20 bits per heavy atom. The zero-order chi connectivity index (χ0) is 18.2. The van der Waals surface area contributed by atoms with Crippen LogP contribution in [0.4, 0.5) is 5.13 Å². The Morgan fingerprint density at radius 3 is 2.88 bits per heavy atom. The molecular formula is C14H18N8O2S. The Hall–Kier alpha value is -3.10. The van der Waals surface area contributed by atoms with Crippen molar-refractivity contribution in [1.82, 2.24) is 9.88 Å². The van der Waals surface area contributed by atoms with Crippen LogP contribution in [0.25, 0.3) is 11.5 Å². The normalized spacial score (nSPS) is 11.1. The van der Waals surface area contributed by atoms with E-state index in [2.05, 4.69) is 15.0 Å². The highest BCUT2D eigenvalue weighted by Crippen LogP contribution is 2.28. The maximum absolute atomic E-state index is 8.98. The molecule has 10 nitrogen and oxygen atoms in total. The molecule has 0 saturated heterocycles. The fourth-order valence-electron chi connectivity index (χ4n) is 1.99. The number of aromatic nitrogens is 1. The highest BCUT2D eigenvalue weighted by atomic mass is 32.1. The summed E-state index contributed by atoms with van der Waals surface area (Å²) in [5.41, 5.74) is 17.0. The first kappa shape index (κ1) is 18.2. The molecule has 7 N–H and O–H groups in total. The molecule has 2 rings (SSSR count). The molecule has 0 bridgehead atoms. The molecule has 0 atom stereocenters. The summed E-state index contributed by atoms with van der Waals surface area (Å²) in [6.45, 7) is 0.753. The second-order valence-electron chi connectivity index (χ2n) is 4.89. The lowest BCUT2D eigenvalue weighted by atomic mass is 10.3. The Balaban J connectivity index is 2.13. The summed E-state index contributed by atoms with van der Waals surface area (Å²) >= 11 is 1.29. The van der Waals surface area contributed by atoms with Gasteiger partial charge in [-0.15, -0.1) is 16.3 Å². The van der Waals surface area contributed by atoms with Gasteiger partial charge in [0, 0.05) is 18.5 Å². The Bertz CT molecular complexity index is 800. The van der Waals surface area contributed by atoms with Crippen molar-refractivity contribution in [2.45, 2.75) is 13.0 Å². The minimum absolute atomic E-state index is 0.00608. The molecule has 2 heterocycles. The number of aliphatic imine (C=N–C) groups is 2. The summed E-state index contributed by atoms with van der Waals surface area (Å²) in [5.74, 6) is 1.17. The highest BCUT2D eigenvalue weighted by molar-refractivity contribution is 7.13. The number of hydrogen-bond acceptors (Lipinski definition) is 7. The smallest absolute Gasteiger partial charge is 0.212 e. The van der Waals surface area contributed by atoms with Crippen LogP contribution in [-0.4, -0.2) is 40.1 Å². The van der Waals surface area contributed by atoms with Gasteiger partial charge in [0.2, 0.25) is 17.3 Å². The van der Waals surface area contributed by atoms with Crippen molar-refractivity contribution in [2.75, 3.05) is 13.2 Å². The second kappa shape index (κ2) is 8.67. The first-order valence-electron chi connectivity index (χ1n) is 7.25. The monoisotopic (exact) mass is 362 g/mol. The number of aliphatic hydroxyl groups excluding tert-OH is 1. The van der Waals surface area contributed by atoms with Gasteiger partial charge in [-0.05, 0) is 18.6 Å². The Kier molecular flexibility index (Phi) is 6.33. The Morgan fingerprint density at radius 1 is 1.40 bits per heavy atom. The molecule has 0 radical (unpaired) electrons. The van der Waals surface area contributed by atoms with Crippen LogP contribution < -0.4 is 17.2 Å². The van der Waals surface area contributed by atoms with Crippen LogP contribution in [0, 0.1) is 11.5 Å². The molecule has 0 saturated carbocycles. The van der Waals surface area contributed by atoms with Gasteiger partial charge in [0.25, 0.3) is 0 Å². The predicted molar refractivity (Wildman–Crippen MR) is 94.6 cm³/mol. The van der Waals surface area contributed by atoms with Gasteiger partial charge in [0.15, 0.2) is 11.7 Å². The number of aliphatic hydroxyl groups is 1. The van der Waals surface area contributed by atoms with Crippen LogP contribution >= 0.6 is 11.3 Å². The standard InChI is InChI=1S/C14H18N8O2S/c15-8-19-13(18)22(4-1-5-23)6-9-2-3-11(24-9)10-7-25-14(20-10)21-12(16)17/h2-3,7,23H,1,4-6H2,(H2,18,19)(H4,16,17,20,21). The van der Waals surface area contributed by atoms with Crippen LogP contribution in [0.5, 0.6) is 0 Å². The van der Waals surface area contributed by atoms with Crippen molar-refractivity contribution >= 4 is 28.4 Å². The molecule has 0 aliphatic rings. The minimum Gasteiger partial charge on any atom is -0.458 e. The number of nitriles is 1. The summed E-state index contributed by atoms with van der Waals surface area (Å²) < 4.78 is 5.76. The molecule has 0 amide bonds. The van der Waals surface area contributed by atoms with Crippen molar-refractivity contribution in [3.63, 3.8) is 0 Å². The third kappa shape index (κ3) is 5.20. The van der Waals surface area contributed by atoms with E-state index in [4.69, 9.17) is 32.0 Å². The summed E-state index contributed by atoms with van der Waals surface area (Å²) in [7, 11) is 0. The molecule has 0 aliphatic carbocycles. The van der Waals surface area contributed by atoms with Gasteiger partial charge in [-0.3, -0.25) is 0 Å². The maximum Gasteiger partial charge on any atom is 0.212 e. The molecule has 25 heavy (non-hydrogen) atoms. The lowest BCUT2D eigenvalue weighted by molar-refractivity contribution is 0.259. The third-order valence-corrected chi connectivity index (χ3v) is 3.79. The summed E-state index contributed by atoms with van der Waals surface area (Å²) in [5, 5.41) is 19.8. The first-order chi connectivity index (χ1) is 12.0. The average Bonchev–Trinajstić information content (AvgIpc) is 3.20. The zero-order valence-corrected chi connectivity index (χ0v) is 14.1. The quantitative estimate of drug-likeness (QED) is 0.308. The maximum atomic E-state index is 8.98. The van der Waals surface area contributed by atoms with Gasteiger partial charge >= 0.3 is 0 Å². The zero-order valence-electron chi connectivity index (χ0n) is 13.3. The van der Waals surface area contributed by atoms with Crippen LogP contribution in [0.15, 0.2) is 31.9 Å². The van der Waals surface area contributed by atoms with E-state index in [0.29, 0.717) is 41.9 Å². The largest absolute Gasteiger partial charge is 0.458 e. The molecule has 132 valence electrons. The topological polar surface area (TPSA) is 176 Å². The van der Waals surface area contributed by atoms with Crippen molar-refractivity contribution in [3.05, 3.63) is 23.3 Å². The molecule has 0 aliphatic heterocycles. The number of furan rings is 1. The molecule has 0 spiro atoms. The van der Waals surface area contributed by atoms with Crippen molar-refractivity contribution in [3.8, 4) is 17.6 Å². The molecule has 0 fully saturated rings. The average molecular weight is 362 g/mol.